The van der Waals surface area contributed by atoms with Gasteiger partial charge in [0.25, 0.3) is 17.7 Å². The Hall–Kier alpha value is -11.3. The summed E-state index contributed by atoms with van der Waals surface area (Å²) in [6.45, 7) is 18.4. The summed E-state index contributed by atoms with van der Waals surface area (Å²) in [6, 6.07) is 80.0. The number of halogens is 1. The molecule has 16 aromatic rings. The van der Waals surface area contributed by atoms with Crippen LogP contribution in [0.2, 0.25) is 4.47 Å². The molecule has 0 saturated heterocycles. The SMILES string of the molecule is Cc1ccc(CNc2cn(Cc3ccc(C)cc3)c3ccccc23)cc1.Cc1ccc(Cn2cc(NC(=O)c3csc(Cl)n3)c3ccccc32)cc1.Cc1ccc(Cn2cc(NC(=O)c3sccc3C)c3ccccc32)cc1.Cc1ccc(Cn2cc(NC(=O)c3sccc3C)c3ccccc32)cc1. The van der Waals surface area contributed by atoms with Crippen molar-refractivity contribution in [3.05, 3.63) is 358 Å². The van der Waals surface area contributed by atoms with Crippen molar-refractivity contribution in [2.24, 2.45) is 0 Å². The Morgan fingerprint density at radius 1 is 0.346 bits per heavy atom. The number of carbonyl (C=O) groups is 3. The van der Waals surface area contributed by atoms with Crippen molar-refractivity contribution >= 4 is 130 Å². The number of aryl methyl sites for hydroxylation is 7. The van der Waals surface area contributed by atoms with Gasteiger partial charge in [0.2, 0.25) is 0 Å². The maximum absolute atomic E-state index is 12.6. The normalized spacial score (nSPS) is 11.0. The Bertz CT molecular complexity index is 5460. The van der Waals surface area contributed by atoms with Crippen LogP contribution in [0, 0.1) is 48.5 Å². The fraction of sp³-hybridized carbons (Fsp3) is 0.136. The number of carbonyl (C=O) groups excluding carboxylic acids is 3. The highest BCUT2D eigenvalue weighted by molar-refractivity contribution is 7.14. The number of hydrogen-bond acceptors (Lipinski definition) is 8. The number of nitrogens with zero attached hydrogens (tertiary/aromatic N) is 5. The van der Waals surface area contributed by atoms with Crippen LogP contribution in [0.1, 0.15) is 96.6 Å². The summed E-state index contributed by atoms with van der Waals surface area (Å²) in [5.41, 5.74) is 23.2. The van der Waals surface area contributed by atoms with Crippen molar-refractivity contribution < 1.29 is 14.4 Å². The molecule has 0 aliphatic carbocycles. The minimum Gasteiger partial charge on any atom is -0.379 e. The third-order valence-corrected chi connectivity index (χ3v) is 21.3. The maximum atomic E-state index is 12.6. The molecule has 0 bridgehead atoms. The Labute approximate surface area is 623 Å². The summed E-state index contributed by atoms with van der Waals surface area (Å²) in [6.07, 6.45) is 8.27. The van der Waals surface area contributed by atoms with E-state index >= 15 is 0 Å². The van der Waals surface area contributed by atoms with Crippen molar-refractivity contribution in [1.82, 2.24) is 23.3 Å². The van der Waals surface area contributed by atoms with Crippen LogP contribution >= 0.6 is 45.6 Å². The van der Waals surface area contributed by atoms with E-state index in [2.05, 4.69) is 261 Å². The molecule has 7 aromatic heterocycles. The van der Waals surface area contributed by atoms with Gasteiger partial charge in [-0.15, -0.1) is 34.0 Å². The van der Waals surface area contributed by atoms with Crippen molar-refractivity contribution in [1.29, 1.82) is 0 Å². The molecule has 0 saturated carbocycles. The third-order valence-electron chi connectivity index (χ3n) is 18.2. The first kappa shape index (κ1) is 71.1. The lowest BCUT2D eigenvalue weighted by molar-refractivity contribution is 0.101. The second kappa shape index (κ2) is 32.8. The summed E-state index contributed by atoms with van der Waals surface area (Å²) in [5.74, 6) is -0.349. The van der Waals surface area contributed by atoms with Crippen LogP contribution in [-0.2, 0) is 32.7 Å². The van der Waals surface area contributed by atoms with Crippen LogP contribution in [-0.4, -0.2) is 41.0 Å². The number of para-hydroxylation sites is 4. The maximum Gasteiger partial charge on any atom is 0.275 e. The summed E-state index contributed by atoms with van der Waals surface area (Å²) in [7, 11) is 0. The standard InChI is InChI=1S/C24H24N2.2C22H20N2OS.C20H16ClN3OS/c1-18-7-11-20(12-8-18)15-25-23-17-26(24-6-4-3-5-22(23)24)16-21-13-9-19(2)10-14-21;2*1-15-7-9-17(10-8-15)13-24-14-19(18-5-3-4-6-20(18)24)23-22(25)21-16(2)11-12-26-21;1-13-6-8-14(9-7-13)10-24-11-16(15-4-2-3-5-18(15)24)22-19(25)17-12-26-20(21)23-17/h3-14,17,25H,15-16H2,1-2H3;2*3-12,14H,13H2,1-2H3,(H,23,25);2-9,11-12H,10H2,1H3,(H,22,25). The topological polar surface area (TPSA) is 132 Å². The quantitative estimate of drug-likeness (QED) is 0.0721. The highest BCUT2D eigenvalue weighted by Crippen LogP contribution is 2.33. The molecule has 0 fully saturated rings. The minimum absolute atomic E-state index is 0.0456. The first-order chi connectivity index (χ1) is 50.5. The molecule has 0 aliphatic rings. The molecule has 0 unspecified atom stereocenters. The molecule has 3 amide bonds. The average Bonchev–Trinajstić information content (AvgIpc) is 1.66. The lowest BCUT2D eigenvalue weighted by Crippen LogP contribution is -2.12. The van der Waals surface area contributed by atoms with Gasteiger partial charge in [0, 0.05) is 84.4 Å². The highest BCUT2D eigenvalue weighted by atomic mass is 35.5. The number of amides is 3. The second-order valence-corrected chi connectivity index (χ2v) is 29.5. The van der Waals surface area contributed by atoms with Gasteiger partial charge in [-0.2, -0.15) is 0 Å². The number of anilines is 4. The van der Waals surface area contributed by atoms with Gasteiger partial charge < -0.3 is 39.5 Å². The summed E-state index contributed by atoms with van der Waals surface area (Å²) in [4.78, 5) is 43.3. The summed E-state index contributed by atoms with van der Waals surface area (Å²) >= 11 is 10.0. The van der Waals surface area contributed by atoms with E-state index in [0.29, 0.717) is 10.2 Å². The van der Waals surface area contributed by atoms with E-state index < -0.39 is 0 Å². The number of thiophene rings is 2. The number of aromatic nitrogens is 5. The number of benzene rings is 9. The Morgan fingerprint density at radius 2 is 0.635 bits per heavy atom. The van der Waals surface area contributed by atoms with Gasteiger partial charge >= 0.3 is 0 Å². The van der Waals surface area contributed by atoms with Gasteiger partial charge in [0.1, 0.15) is 5.69 Å². The second-order valence-electron chi connectivity index (χ2n) is 26.2. The highest BCUT2D eigenvalue weighted by Gasteiger charge is 2.19. The molecule has 0 aliphatic heterocycles. The molecule has 0 atom stereocenters. The minimum atomic E-state index is -0.258. The van der Waals surface area contributed by atoms with Crippen molar-refractivity contribution in [2.75, 3.05) is 21.3 Å². The monoisotopic (exact) mass is 1440 g/mol. The van der Waals surface area contributed by atoms with Gasteiger partial charge in [-0.1, -0.05) is 234 Å². The zero-order valence-corrected chi connectivity index (χ0v) is 62.3. The molecule has 16 rings (SSSR count). The Kier molecular flexibility index (Phi) is 22.4. The third kappa shape index (κ3) is 17.4. The molecular weight excluding hydrogens is 1360 g/mol. The predicted octanol–water partition coefficient (Wildman–Crippen LogP) is 22.5. The molecule has 520 valence electrons. The lowest BCUT2D eigenvalue weighted by Gasteiger charge is -2.06. The number of rotatable bonds is 17. The Balaban J connectivity index is 0.000000123. The van der Waals surface area contributed by atoms with Gasteiger partial charge in [0.15, 0.2) is 4.47 Å². The molecule has 7 heterocycles. The van der Waals surface area contributed by atoms with Gasteiger partial charge in [-0.05, 0) is 135 Å². The van der Waals surface area contributed by atoms with E-state index in [9.17, 15) is 14.4 Å². The van der Waals surface area contributed by atoms with E-state index in [1.165, 1.54) is 106 Å². The number of nitrogens with one attached hydrogen (secondary N) is 4. The van der Waals surface area contributed by atoms with Crippen LogP contribution in [0.15, 0.2) is 271 Å². The van der Waals surface area contributed by atoms with Gasteiger partial charge in [-0.25, -0.2) is 4.98 Å². The molecule has 9 aromatic carbocycles. The first-order valence-corrected chi connectivity index (χ1v) is 37.5. The van der Waals surface area contributed by atoms with E-state index in [0.717, 1.165) is 103 Å². The number of fused-ring (bicyclic) bond motifs is 4. The largest absolute Gasteiger partial charge is 0.379 e. The van der Waals surface area contributed by atoms with Gasteiger partial charge in [0.05, 0.1) is 54.6 Å². The van der Waals surface area contributed by atoms with Crippen molar-refractivity contribution in [3.8, 4) is 0 Å². The smallest absolute Gasteiger partial charge is 0.275 e. The molecule has 12 nitrogen and oxygen atoms in total. The predicted molar refractivity (Wildman–Crippen MR) is 436 cm³/mol. The summed E-state index contributed by atoms with van der Waals surface area (Å²) < 4.78 is 9.21. The molecular formula is C88H80ClN9O3S3. The average molecular weight is 1440 g/mol. The molecule has 4 N–H and O–H groups in total. The molecule has 16 heteroatoms. The van der Waals surface area contributed by atoms with Crippen LogP contribution in [0.4, 0.5) is 22.7 Å². The zero-order valence-electron chi connectivity index (χ0n) is 59.1. The molecule has 0 radical (unpaired) electrons. The van der Waals surface area contributed by atoms with Crippen LogP contribution < -0.4 is 21.3 Å². The number of thiazole rings is 1. The summed E-state index contributed by atoms with van der Waals surface area (Å²) in [5, 5.41) is 22.7. The zero-order chi connectivity index (χ0) is 72.2. The van der Waals surface area contributed by atoms with E-state index in [1.807, 2.05) is 97.8 Å². The van der Waals surface area contributed by atoms with Crippen LogP contribution in [0.5, 0.6) is 0 Å². The Morgan fingerprint density at radius 3 is 0.933 bits per heavy atom. The first-order valence-electron chi connectivity index (χ1n) is 34.5. The van der Waals surface area contributed by atoms with E-state index in [-0.39, 0.29) is 17.7 Å². The van der Waals surface area contributed by atoms with E-state index in [1.54, 1.807) is 5.38 Å². The van der Waals surface area contributed by atoms with Crippen molar-refractivity contribution in [3.63, 3.8) is 0 Å². The fourth-order valence-electron chi connectivity index (χ4n) is 12.5. The lowest BCUT2D eigenvalue weighted by atomic mass is 10.1. The molecule has 104 heavy (non-hydrogen) atoms. The van der Waals surface area contributed by atoms with E-state index in [4.69, 9.17) is 11.6 Å². The fourth-order valence-corrected chi connectivity index (χ4v) is 14.9. The van der Waals surface area contributed by atoms with Crippen LogP contribution in [0.25, 0.3) is 43.6 Å². The van der Waals surface area contributed by atoms with Gasteiger partial charge in [-0.3, -0.25) is 14.4 Å². The van der Waals surface area contributed by atoms with Crippen LogP contribution in [0.3, 0.4) is 0 Å². The van der Waals surface area contributed by atoms with Crippen molar-refractivity contribution in [2.45, 2.75) is 81.2 Å². The molecule has 0 spiro atoms. The number of hydrogen-bond donors (Lipinski definition) is 4.